The van der Waals surface area contributed by atoms with Crippen molar-refractivity contribution in [3.63, 3.8) is 0 Å². The summed E-state index contributed by atoms with van der Waals surface area (Å²) in [5.41, 5.74) is 2.12. The van der Waals surface area contributed by atoms with Crippen molar-refractivity contribution >= 4 is 11.6 Å². The van der Waals surface area contributed by atoms with E-state index in [4.69, 9.17) is 0 Å². The number of hydrogen-bond donors (Lipinski definition) is 2. The number of nitrogens with one attached hydrogen (secondary N) is 2. The number of amides is 1. The van der Waals surface area contributed by atoms with Gasteiger partial charge in [-0.05, 0) is 25.6 Å². The third kappa shape index (κ3) is 6.20. The molecule has 0 aliphatic carbocycles. The van der Waals surface area contributed by atoms with Gasteiger partial charge >= 0.3 is 0 Å². The topological polar surface area (TPSA) is 57.3 Å². The lowest BCUT2D eigenvalue weighted by Crippen LogP contribution is -2.26. The van der Waals surface area contributed by atoms with Gasteiger partial charge in [0.2, 0.25) is 5.91 Å². The Balaban J connectivity index is 2.44. The van der Waals surface area contributed by atoms with Gasteiger partial charge in [0.15, 0.2) is 0 Å². The van der Waals surface area contributed by atoms with Gasteiger partial charge in [-0.25, -0.2) is 0 Å². The lowest BCUT2D eigenvalue weighted by Gasteiger charge is -2.16. The molecule has 5 nitrogen and oxygen atoms in total. The minimum absolute atomic E-state index is 0.0678. The zero-order valence-electron chi connectivity index (χ0n) is 12.1. The molecule has 0 saturated heterocycles. The third-order valence-corrected chi connectivity index (χ3v) is 2.83. The minimum atomic E-state index is 0.0678. The van der Waals surface area contributed by atoms with Crippen LogP contribution < -0.4 is 10.6 Å². The van der Waals surface area contributed by atoms with E-state index in [1.54, 1.807) is 7.05 Å². The molecule has 1 amide bonds. The highest BCUT2D eigenvalue weighted by molar-refractivity contribution is 5.75. The van der Waals surface area contributed by atoms with Crippen molar-refractivity contribution in [3.8, 4) is 0 Å². The standard InChI is InChI=1S/C14H24N4O/c1-4-7-16-12-5-8-17-13(10-12)11-18(3)9-6-14(19)15-2/h5,8,10H,4,6-7,9,11H2,1-3H3,(H,15,19)(H,16,17). The van der Waals surface area contributed by atoms with Gasteiger partial charge in [0.05, 0.1) is 5.69 Å². The molecule has 1 aromatic heterocycles. The van der Waals surface area contributed by atoms with Crippen LogP contribution in [0, 0.1) is 0 Å². The maximum absolute atomic E-state index is 11.2. The number of hydrogen-bond acceptors (Lipinski definition) is 4. The molecule has 0 bridgehead atoms. The number of anilines is 1. The van der Waals surface area contributed by atoms with Crippen molar-refractivity contribution in [2.75, 3.05) is 32.5 Å². The molecule has 1 aromatic rings. The molecule has 0 aromatic carbocycles. The largest absolute Gasteiger partial charge is 0.385 e. The molecule has 5 heteroatoms. The van der Waals surface area contributed by atoms with Crippen LogP contribution in [0.15, 0.2) is 18.3 Å². The number of pyridine rings is 1. The van der Waals surface area contributed by atoms with Crippen molar-refractivity contribution in [1.29, 1.82) is 0 Å². The van der Waals surface area contributed by atoms with E-state index in [9.17, 15) is 4.79 Å². The number of nitrogens with zero attached hydrogens (tertiary/aromatic N) is 2. The van der Waals surface area contributed by atoms with Gasteiger partial charge in [-0.15, -0.1) is 0 Å². The smallest absolute Gasteiger partial charge is 0.221 e. The van der Waals surface area contributed by atoms with Crippen LogP contribution in [-0.4, -0.2) is 43.0 Å². The summed E-state index contributed by atoms with van der Waals surface area (Å²) in [7, 11) is 3.66. The molecular formula is C14H24N4O. The van der Waals surface area contributed by atoms with Gasteiger partial charge in [0, 0.05) is 45.0 Å². The average molecular weight is 264 g/mol. The molecule has 106 valence electrons. The molecule has 0 radical (unpaired) electrons. The monoisotopic (exact) mass is 264 g/mol. The van der Waals surface area contributed by atoms with Gasteiger partial charge in [-0.1, -0.05) is 6.92 Å². The fraction of sp³-hybridized carbons (Fsp3) is 0.571. The number of aromatic nitrogens is 1. The first kappa shape index (κ1) is 15.4. The maximum Gasteiger partial charge on any atom is 0.221 e. The second kappa shape index (κ2) is 8.48. The van der Waals surface area contributed by atoms with Crippen molar-refractivity contribution in [3.05, 3.63) is 24.0 Å². The summed E-state index contributed by atoms with van der Waals surface area (Å²) in [5.74, 6) is 0.0678. The molecular weight excluding hydrogens is 240 g/mol. The van der Waals surface area contributed by atoms with Crippen LogP contribution in [0.3, 0.4) is 0 Å². The summed E-state index contributed by atoms with van der Waals surface area (Å²) in [6.07, 6.45) is 3.43. The van der Waals surface area contributed by atoms with Crippen molar-refractivity contribution in [2.45, 2.75) is 26.3 Å². The second-order valence-corrected chi connectivity index (χ2v) is 4.62. The van der Waals surface area contributed by atoms with Crippen LogP contribution in [0.1, 0.15) is 25.5 Å². The molecule has 19 heavy (non-hydrogen) atoms. The van der Waals surface area contributed by atoms with Gasteiger partial charge in [0.1, 0.15) is 0 Å². The SMILES string of the molecule is CCCNc1ccnc(CN(C)CCC(=O)NC)c1. The minimum Gasteiger partial charge on any atom is -0.385 e. The Morgan fingerprint density at radius 3 is 2.95 bits per heavy atom. The van der Waals surface area contributed by atoms with Crippen LogP contribution in [0.25, 0.3) is 0 Å². The fourth-order valence-electron chi connectivity index (χ4n) is 1.72. The van der Waals surface area contributed by atoms with E-state index in [0.29, 0.717) is 6.42 Å². The molecule has 1 rings (SSSR count). The summed E-state index contributed by atoms with van der Waals surface area (Å²) in [5, 5.41) is 5.97. The molecule has 0 aliphatic heterocycles. The summed E-state index contributed by atoms with van der Waals surface area (Å²) in [6, 6.07) is 4.04. The zero-order valence-corrected chi connectivity index (χ0v) is 12.1. The Bertz CT molecular complexity index is 395. The highest BCUT2D eigenvalue weighted by Gasteiger charge is 2.05. The Morgan fingerprint density at radius 1 is 1.47 bits per heavy atom. The Labute approximate surface area is 115 Å². The van der Waals surface area contributed by atoms with Crippen molar-refractivity contribution < 1.29 is 4.79 Å². The summed E-state index contributed by atoms with van der Waals surface area (Å²) >= 11 is 0. The Morgan fingerprint density at radius 2 is 2.26 bits per heavy atom. The molecule has 1 heterocycles. The number of rotatable bonds is 8. The average Bonchev–Trinajstić information content (AvgIpc) is 2.43. The molecule has 2 N–H and O–H groups in total. The third-order valence-electron chi connectivity index (χ3n) is 2.83. The first-order valence-corrected chi connectivity index (χ1v) is 6.73. The van der Waals surface area contributed by atoms with Gasteiger partial charge in [-0.3, -0.25) is 9.78 Å². The van der Waals surface area contributed by atoms with Gasteiger partial charge in [0.25, 0.3) is 0 Å². The van der Waals surface area contributed by atoms with E-state index in [1.165, 1.54) is 0 Å². The first-order chi connectivity index (χ1) is 9.15. The van der Waals surface area contributed by atoms with Crippen molar-refractivity contribution in [1.82, 2.24) is 15.2 Å². The summed E-state index contributed by atoms with van der Waals surface area (Å²) in [4.78, 5) is 17.6. The van der Waals surface area contributed by atoms with Crippen LogP contribution in [0.4, 0.5) is 5.69 Å². The first-order valence-electron chi connectivity index (χ1n) is 6.73. The van der Waals surface area contributed by atoms with Crippen LogP contribution in [0.2, 0.25) is 0 Å². The van der Waals surface area contributed by atoms with E-state index < -0.39 is 0 Å². The summed E-state index contributed by atoms with van der Waals surface area (Å²) in [6.45, 7) is 4.59. The van der Waals surface area contributed by atoms with E-state index in [1.807, 2.05) is 19.3 Å². The lowest BCUT2D eigenvalue weighted by atomic mass is 10.3. The predicted molar refractivity (Wildman–Crippen MR) is 78.0 cm³/mol. The quantitative estimate of drug-likeness (QED) is 0.746. The molecule has 0 saturated carbocycles. The fourth-order valence-corrected chi connectivity index (χ4v) is 1.72. The van der Waals surface area contributed by atoms with Crippen LogP contribution in [0.5, 0.6) is 0 Å². The van der Waals surface area contributed by atoms with Crippen molar-refractivity contribution in [2.24, 2.45) is 0 Å². The summed E-state index contributed by atoms with van der Waals surface area (Å²) < 4.78 is 0. The Kier molecular flexibility index (Phi) is 6.89. The molecule has 0 fully saturated rings. The molecule has 0 unspecified atom stereocenters. The Hall–Kier alpha value is -1.62. The van der Waals surface area contributed by atoms with Crippen LogP contribution in [-0.2, 0) is 11.3 Å². The molecule has 0 atom stereocenters. The van der Waals surface area contributed by atoms with E-state index in [-0.39, 0.29) is 5.91 Å². The normalized spacial score (nSPS) is 10.5. The zero-order chi connectivity index (χ0) is 14.1. The highest BCUT2D eigenvalue weighted by atomic mass is 16.1. The second-order valence-electron chi connectivity index (χ2n) is 4.62. The van der Waals surface area contributed by atoms with Gasteiger partial charge in [-0.2, -0.15) is 0 Å². The molecule has 0 spiro atoms. The van der Waals surface area contributed by atoms with E-state index >= 15 is 0 Å². The molecule has 0 aliphatic rings. The van der Waals surface area contributed by atoms with Crippen LogP contribution >= 0.6 is 0 Å². The number of carbonyl (C=O) groups is 1. The van der Waals surface area contributed by atoms with E-state index in [0.717, 1.165) is 37.4 Å². The maximum atomic E-state index is 11.2. The number of carbonyl (C=O) groups excluding carboxylic acids is 1. The lowest BCUT2D eigenvalue weighted by molar-refractivity contribution is -0.120. The van der Waals surface area contributed by atoms with E-state index in [2.05, 4.69) is 33.5 Å². The predicted octanol–water partition coefficient (Wildman–Crippen LogP) is 1.47. The highest BCUT2D eigenvalue weighted by Crippen LogP contribution is 2.09. The van der Waals surface area contributed by atoms with Gasteiger partial charge < -0.3 is 15.5 Å².